The van der Waals surface area contributed by atoms with Crippen molar-refractivity contribution in [1.29, 1.82) is 0 Å². The van der Waals surface area contributed by atoms with E-state index in [4.69, 9.17) is 0 Å². The molecule has 1 aliphatic rings. The molecule has 0 aliphatic heterocycles. The Morgan fingerprint density at radius 3 is 1.76 bits per heavy atom. The highest BCUT2D eigenvalue weighted by atomic mass is 32.1. The van der Waals surface area contributed by atoms with Crippen LogP contribution in [0.15, 0.2) is 53.4 Å². The first kappa shape index (κ1) is 18.6. The van der Waals surface area contributed by atoms with Gasteiger partial charge in [0.05, 0.1) is 0 Å². The third-order valence-corrected chi connectivity index (χ3v) is 6.16. The summed E-state index contributed by atoms with van der Waals surface area (Å²) in [6.07, 6.45) is 11.9. The fourth-order valence-corrected chi connectivity index (χ4v) is 4.37. The SMILES string of the molecule is CCCCCCc1ccc(C2CCC(c3ccc(S)cc3)CC2)cc1. The Morgan fingerprint density at radius 1 is 0.720 bits per heavy atom. The van der Waals surface area contributed by atoms with Crippen molar-refractivity contribution in [2.75, 3.05) is 0 Å². The van der Waals surface area contributed by atoms with E-state index in [1.165, 1.54) is 68.9 Å². The topological polar surface area (TPSA) is 0 Å². The molecule has 0 N–H and O–H groups in total. The molecule has 1 saturated carbocycles. The Morgan fingerprint density at radius 2 is 1.24 bits per heavy atom. The van der Waals surface area contributed by atoms with E-state index in [0.717, 1.165) is 16.7 Å². The maximum Gasteiger partial charge on any atom is 0.00401 e. The molecule has 2 aromatic rings. The van der Waals surface area contributed by atoms with Crippen LogP contribution in [0.4, 0.5) is 0 Å². The molecule has 25 heavy (non-hydrogen) atoms. The highest BCUT2D eigenvalue weighted by molar-refractivity contribution is 7.80. The third-order valence-electron chi connectivity index (χ3n) is 5.86. The van der Waals surface area contributed by atoms with E-state index in [9.17, 15) is 0 Å². The van der Waals surface area contributed by atoms with Crippen LogP contribution in [0.3, 0.4) is 0 Å². The normalized spacial score (nSPS) is 20.6. The van der Waals surface area contributed by atoms with Gasteiger partial charge in [-0.3, -0.25) is 0 Å². The van der Waals surface area contributed by atoms with Crippen molar-refractivity contribution in [1.82, 2.24) is 0 Å². The van der Waals surface area contributed by atoms with Gasteiger partial charge in [0, 0.05) is 4.90 Å². The van der Waals surface area contributed by atoms with Gasteiger partial charge in [-0.2, -0.15) is 0 Å². The predicted molar refractivity (Wildman–Crippen MR) is 112 cm³/mol. The minimum absolute atomic E-state index is 0.739. The first-order valence-corrected chi connectivity index (χ1v) is 10.6. The van der Waals surface area contributed by atoms with E-state index in [2.05, 4.69) is 68.1 Å². The summed E-state index contributed by atoms with van der Waals surface area (Å²) in [6.45, 7) is 2.28. The van der Waals surface area contributed by atoms with Gasteiger partial charge in [-0.15, -0.1) is 12.6 Å². The second-order valence-electron chi connectivity index (χ2n) is 7.69. The Hall–Kier alpha value is -1.21. The molecule has 1 aliphatic carbocycles. The van der Waals surface area contributed by atoms with Crippen molar-refractivity contribution >= 4 is 12.6 Å². The smallest absolute Gasteiger partial charge is 0.00401 e. The molecule has 0 bridgehead atoms. The molecule has 0 spiro atoms. The second kappa shape index (κ2) is 9.48. The van der Waals surface area contributed by atoms with E-state index < -0.39 is 0 Å². The lowest BCUT2D eigenvalue weighted by Crippen LogP contribution is -2.12. The highest BCUT2D eigenvalue weighted by Crippen LogP contribution is 2.40. The lowest BCUT2D eigenvalue weighted by molar-refractivity contribution is 0.396. The molecule has 0 amide bonds. The molecule has 0 unspecified atom stereocenters. The number of hydrogen-bond acceptors (Lipinski definition) is 1. The molecule has 134 valence electrons. The first-order valence-electron chi connectivity index (χ1n) is 10.1. The van der Waals surface area contributed by atoms with Crippen molar-refractivity contribution in [3.8, 4) is 0 Å². The maximum absolute atomic E-state index is 4.40. The zero-order chi connectivity index (χ0) is 17.5. The number of unbranched alkanes of at least 4 members (excludes halogenated alkanes) is 3. The van der Waals surface area contributed by atoms with Gasteiger partial charge in [0.2, 0.25) is 0 Å². The Balaban J connectivity index is 1.50. The highest BCUT2D eigenvalue weighted by Gasteiger charge is 2.23. The summed E-state index contributed by atoms with van der Waals surface area (Å²) in [7, 11) is 0. The Bertz CT molecular complexity index is 618. The lowest BCUT2D eigenvalue weighted by atomic mass is 9.76. The average molecular weight is 353 g/mol. The molecule has 1 fully saturated rings. The molecule has 0 aromatic heterocycles. The van der Waals surface area contributed by atoms with Crippen LogP contribution in [0.25, 0.3) is 0 Å². The molecular weight excluding hydrogens is 320 g/mol. The van der Waals surface area contributed by atoms with E-state index in [1.807, 2.05) is 0 Å². The van der Waals surface area contributed by atoms with Crippen LogP contribution >= 0.6 is 12.6 Å². The third kappa shape index (κ3) is 5.38. The van der Waals surface area contributed by atoms with Crippen molar-refractivity contribution in [3.05, 3.63) is 65.2 Å². The van der Waals surface area contributed by atoms with Crippen molar-refractivity contribution in [3.63, 3.8) is 0 Å². The molecule has 0 radical (unpaired) electrons. The van der Waals surface area contributed by atoms with Crippen LogP contribution in [0.1, 0.15) is 86.8 Å². The van der Waals surface area contributed by atoms with Crippen molar-refractivity contribution < 1.29 is 0 Å². The minimum atomic E-state index is 0.739. The quantitative estimate of drug-likeness (QED) is 0.386. The molecule has 3 rings (SSSR count). The van der Waals surface area contributed by atoms with E-state index in [1.54, 1.807) is 5.56 Å². The molecular formula is C24H32S. The Labute approximate surface area is 159 Å². The lowest BCUT2D eigenvalue weighted by Gasteiger charge is -2.29. The van der Waals surface area contributed by atoms with Crippen LogP contribution in [-0.4, -0.2) is 0 Å². The van der Waals surface area contributed by atoms with Gasteiger partial charge in [0.15, 0.2) is 0 Å². The van der Waals surface area contributed by atoms with Gasteiger partial charge >= 0.3 is 0 Å². The summed E-state index contributed by atoms with van der Waals surface area (Å²) in [5, 5.41) is 0. The molecule has 2 aromatic carbocycles. The fourth-order valence-electron chi connectivity index (χ4n) is 4.22. The summed E-state index contributed by atoms with van der Waals surface area (Å²) >= 11 is 4.40. The van der Waals surface area contributed by atoms with E-state index >= 15 is 0 Å². The molecule has 0 atom stereocenters. The van der Waals surface area contributed by atoms with Crippen LogP contribution in [0.5, 0.6) is 0 Å². The van der Waals surface area contributed by atoms with Crippen LogP contribution in [0.2, 0.25) is 0 Å². The van der Waals surface area contributed by atoms with E-state index in [0.29, 0.717) is 0 Å². The van der Waals surface area contributed by atoms with Gasteiger partial charge in [-0.1, -0.05) is 62.6 Å². The summed E-state index contributed by atoms with van der Waals surface area (Å²) in [4.78, 5) is 1.06. The summed E-state index contributed by atoms with van der Waals surface area (Å²) in [5.74, 6) is 1.50. The zero-order valence-corrected chi connectivity index (χ0v) is 16.5. The van der Waals surface area contributed by atoms with Gasteiger partial charge in [-0.25, -0.2) is 0 Å². The van der Waals surface area contributed by atoms with Gasteiger partial charge in [0.1, 0.15) is 0 Å². The molecule has 0 saturated heterocycles. The summed E-state index contributed by atoms with van der Waals surface area (Å²) in [5.41, 5.74) is 4.57. The first-order chi connectivity index (χ1) is 12.3. The van der Waals surface area contributed by atoms with Gasteiger partial charge in [0.25, 0.3) is 0 Å². The standard InChI is InChI=1S/C24H32S/c1-2-3-4-5-6-19-7-9-20(10-8-19)21-11-13-22(14-12-21)23-15-17-24(25)18-16-23/h7-10,15-18,21-22,25H,2-6,11-14H2,1H3. The fraction of sp³-hybridized carbons (Fsp3) is 0.500. The van der Waals surface area contributed by atoms with Crippen LogP contribution in [0, 0.1) is 0 Å². The molecule has 0 nitrogen and oxygen atoms in total. The number of thiol groups is 1. The van der Waals surface area contributed by atoms with Crippen molar-refractivity contribution in [2.45, 2.75) is 81.4 Å². The Kier molecular flexibility index (Phi) is 7.04. The largest absolute Gasteiger partial charge is 0.143 e. The van der Waals surface area contributed by atoms with Gasteiger partial charge in [-0.05, 0) is 79.2 Å². The van der Waals surface area contributed by atoms with Crippen LogP contribution < -0.4 is 0 Å². The van der Waals surface area contributed by atoms with Gasteiger partial charge < -0.3 is 0 Å². The number of benzene rings is 2. The average Bonchev–Trinajstić information content (AvgIpc) is 2.67. The number of aryl methyl sites for hydroxylation is 1. The predicted octanol–water partition coefficient (Wildman–Crippen LogP) is 7.54. The van der Waals surface area contributed by atoms with Crippen molar-refractivity contribution in [2.24, 2.45) is 0 Å². The second-order valence-corrected chi connectivity index (χ2v) is 8.21. The molecule has 1 heteroatoms. The summed E-state index contributed by atoms with van der Waals surface area (Å²) in [6, 6.07) is 18.3. The molecule has 0 heterocycles. The number of rotatable bonds is 7. The number of hydrogen-bond donors (Lipinski definition) is 1. The monoisotopic (exact) mass is 352 g/mol. The van der Waals surface area contributed by atoms with Crippen LogP contribution in [-0.2, 0) is 6.42 Å². The minimum Gasteiger partial charge on any atom is -0.143 e. The summed E-state index contributed by atoms with van der Waals surface area (Å²) < 4.78 is 0. The van der Waals surface area contributed by atoms with E-state index in [-0.39, 0.29) is 0 Å². The zero-order valence-electron chi connectivity index (χ0n) is 15.6. The maximum atomic E-state index is 4.40.